The van der Waals surface area contributed by atoms with Crippen molar-refractivity contribution in [2.24, 2.45) is 0 Å². The lowest BCUT2D eigenvalue weighted by Gasteiger charge is -2.01. The molecule has 0 aliphatic rings. The van der Waals surface area contributed by atoms with E-state index in [4.69, 9.17) is 0 Å². The number of rotatable bonds is 2. The van der Waals surface area contributed by atoms with Crippen molar-refractivity contribution in [3.63, 3.8) is 0 Å². The minimum absolute atomic E-state index is 0.166. The number of phenols is 1. The first-order chi connectivity index (χ1) is 8.72. The van der Waals surface area contributed by atoms with Crippen LogP contribution in [0.5, 0.6) is 11.5 Å². The molecule has 0 aliphatic heterocycles. The number of benzene rings is 1. The minimum Gasteiger partial charge on any atom is -0.508 e. The molecule has 0 saturated heterocycles. The number of hydrogen-bond donors (Lipinski definition) is 2. The third-order valence-corrected chi connectivity index (χ3v) is 2.73. The fourth-order valence-electron chi connectivity index (χ4n) is 1.90. The van der Waals surface area contributed by atoms with Crippen LogP contribution in [-0.4, -0.2) is 24.8 Å². The molecule has 0 bridgehead atoms. The summed E-state index contributed by atoms with van der Waals surface area (Å²) in [5, 5.41) is 27.0. The Bertz CT molecular complexity index is 706. The Morgan fingerprint density at radius 3 is 2.72 bits per heavy atom. The summed E-state index contributed by atoms with van der Waals surface area (Å²) in [5.41, 5.74) is 1.62. The highest BCUT2D eigenvalue weighted by molar-refractivity contribution is 5.42. The van der Waals surface area contributed by atoms with E-state index in [-0.39, 0.29) is 11.5 Å². The molecule has 1 aromatic carbocycles. The van der Waals surface area contributed by atoms with Crippen LogP contribution in [0.3, 0.4) is 0 Å². The van der Waals surface area contributed by atoms with Gasteiger partial charge in [0.15, 0.2) is 5.65 Å². The van der Waals surface area contributed by atoms with Gasteiger partial charge in [-0.15, -0.1) is 10.2 Å². The number of pyridine rings is 1. The highest BCUT2D eigenvalue weighted by Crippen LogP contribution is 2.16. The van der Waals surface area contributed by atoms with Gasteiger partial charge in [-0.25, -0.2) is 0 Å². The third kappa shape index (κ3) is 1.86. The van der Waals surface area contributed by atoms with Crippen molar-refractivity contribution in [1.29, 1.82) is 0 Å². The van der Waals surface area contributed by atoms with E-state index in [1.807, 2.05) is 6.07 Å². The Morgan fingerprint density at radius 2 is 1.89 bits per heavy atom. The van der Waals surface area contributed by atoms with Crippen LogP contribution in [0.15, 0.2) is 42.6 Å². The largest absolute Gasteiger partial charge is 0.508 e. The maximum absolute atomic E-state index is 9.47. The van der Waals surface area contributed by atoms with Gasteiger partial charge in [0.2, 0.25) is 0 Å². The van der Waals surface area contributed by atoms with Crippen LogP contribution in [0.1, 0.15) is 11.4 Å². The van der Waals surface area contributed by atoms with Gasteiger partial charge in [-0.05, 0) is 29.8 Å². The maximum atomic E-state index is 9.47. The van der Waals surface area contributed by atoms with E-state index < -0.39 is 0 Å². The summed E-state index contributed by atoms with van der Waals surface area (Å²) < 4.78 is 1.74. The predicted molar refractivity (Wildman–Crippen MR) is 65.6 cm³/mol. The van der Waals surface area contributed by atoms with E-state index in [0.717, 1.165) is 5.56 Å². The van der Waals surface area contributed by atoms with Crippen LogP contribution >= 0.6 is 0 Å². The second kappa shape index (κ2) is 4.03. The standard InChI is InChI=1S/C13H11N3O2/c17-10-3-1-2-9(6-10)7-13-15-14-12-5-4-11(18)8-16(12)13/h1-6,8,17-18H,7H2. The van der Waals surface area contributed by atoms with Crippen molar-refractivity contribution in [3.05, 3.63) is 54.0 Å². The van der Waals surface area contributed by atoms with Gasteiger partial charge in [-0.1, -0.05) is 12.1 Å². The summed E-state index contributed by atoms with van der Waals surface area (Å²) in [6, 6.07) is 10.3. The molecule has 0 atom stereocenters. The second-order valence-corrected chi connectivity index (χ2v) is 4.08. The summed E-state index contributed by atoms with van der Waals surface area (Å²) in [4.78, 5) is 0. The first-order valence-corrected chi connectivity index (χ1v) is 5.53. The summed E-state index contributed by atoms with van der Waals surface area (Å²) in [7, 11) is 0. The molecule has 5 nitrogen and oxygen atoms in total. The van der Waals surface area contributed by atoms with Gasteiger partial charge < -0.3 is 10.2 Å². The first kappa shape index (κ1) is 10.6. The molecule has 0 fully saturated rings. The van der Waals surface area contributed by atoms with Crippen LogP contribution in [0, 0.1) is 0 Å². The summed E-state index contributed by atoms with van der Waals surface area (Å²) in [5.74, 6) is 1.11. The van der Waals surface area contributed by atoms with Crippen molar-refractivity contribution >= 4 is 5.65 Å². The Kier molecular flexibility index (Phi) is 2.37. The Hall–Kier alpha value is -2.56. The molecular weight excluding hydrogens is 230 g/mol. The number of phenolic OH excluding ortho intramolecular Hbond substituents is 1. The van der Waals surface area contributed by atoms with E-state index in [0.29, 0.717) is 17.9 Å². The molecule has 3 rings (SSSR count). The molecule has 3 aromatic rings. The van der Waals surface area contributed by atoms with Gasteiger partial charge in [0, 0.05) is 6.42 Å². The number of aromatic nitrogens is 3. The fraction of sp³-hybridized carbons (Fsp3) is 0.0769. The second-order valence-electron chi connectivity index (χ2n) is 4.08. The van der Waals surface area contributed by atoms with Crippen molar-refractivity contribution in [2.45, 2.75) is 6.42 Å². The maximum Gasteiger partial charge on any atom is 0.161 e. The molecule has 18 heavy (non-hydrogen) atoms. The molecule has 90 valence electrons. The third-order valence-electron chi connectivity index (χ3n) is 2.73. The van der Waals surface area contributed by atoms with E-state index >= 15 is 0 Å². The van der Waals surface area contributed by atoms with E-state index in [1.165, 1.54) is 0 Å². The van der Waals surface area contributed by atoms with E-state index in [9.17, 15) is 10.2 Å². The highest BCUT2D eigenvalue weighted by atomic mass is 16.3. The molecule has 5 heteroatoms. The zero-order chi connectivity index (χ0) is 12.5. The number of aromatic hydroxyl groups is 2. The lowest BCUT2D eigenvalue weighted by atomic mass is 10.1. The lowest BCUT2D eigenvalue weighted by molar-refractivity contribution is 0.471. The summed E-state index contributed by atoms with van der Waals surface area (Å²) >= 11 is 0. The first-order valence-electron chi connectivity index (χ1n) is 5.53. The van der Waals surface area contributed by atoms with Crippen LogP contribution < -0.4 is 0 Å². The molecule has 2 N–H and O–H groups in total. The summed E-state index contributed by atoms with van der Waals surface area (Å²) in [6.45, 7) is 0. The van der Waals surface area contributed by atoms with Crippen LogP contribution in [0.2, 0.25) is 0 Å². The van der Waals surface area contributed by atoms with Crippen LogP contribution in [-0.2, 0) is 6.42 Å². The monoisotopic (exact) mass is 241 g/mol. The normalized spacial score (nSPS) is 10.9. The van der Waals surface area contributed by atoms with Gasteiger partial charge in [-0.3, -0.25) is 4.40 Å². The SMILES string of the molecule is Oc1cccc(Cc2nnc3ccc(O)cn23)c1. The van der Waals surface area contributed by atoms with E-state index in [2.05, 4.69) is 10.2 Å². The van der Waals surface area contributed by atoms with Gasteiger partial charge in [-0.2, -0.15) is 0 Å². The number of fused-ring (bicyclic) bond motifs is 1. The Morgan fingerprint density at radius 1 is 1.00 bits per heavy atom. The molecule has 0 spiro atoms. The average Bonchev–Trinajstić information content (AvgIpc) is 2.72. The minimum atomic E-state index is 0.166. The lowest BCUT2D eigenvalue weighted by Crippen LogP contribution is -1.96. The molecule has 0 amide bonds. The van der Waals surface area contributed by atoms with Crippen molar-refractivity contribution in [1.82, 2.24) is 14.6 Å². The molecule has 0 aliphatic carbocycles. The van der Waals surface area contributed by atoms with E-state index in [1.54, 1.807) is 40.9 Å². The van der Waals surface area contributed by atoms with Crippen molar-refractivity contribution < 1.29 is 10.2 Å². The van der Waals surface area contributed by atoms with Crippen LogP contribution in [0.4, 0.5) is 0 Å². The molecular formula is C13H11N3O2. The van der Waals surface area contributed by atoms with Gasteiger partial charge in [0.1, 0.15) is 17.3 Å². The average molecular weight is 241 g/mol. The molecule has 0 radical (unpaired) electrons. The molecule has 0 saturated carbocycles. The molecule has 2 aromatic heterocycles. The highest BCUT2D eigenvalue weighted by Gasteiger charge is 2.07. The van der Waals surface area contributed by atoms with Gasteiger partial charge in [0.05, 0.1) is 6.20 Å². The quantitative estimate of drug-likeness (QED) is 0.716. The zero-order valence-corrected chi connectivity index (χ0v) is 9.48. The predicted octanol–water partition coefficient (Wildman–Crippen LogP) is 1.73. The van der Waals surface area contributed by atoms with Crippen molar-refractivity contribution in [3.8, 4) is 11.5 Å². The Labute approximate surface area is 103 Å². The molecule has 0 unspecified atom stereocenters. The van der Waals surface area contributed by atoms with Gasteiger partial charge in [0.25, 0.3) is 0 Å². The molecule has 2 heterocycles. The number of hydrogen-bond acceptors (Lipinski definition) is 4. The van der Waals surface area contributed by atoms with Crippen LogP contribution in [0.25, 0.3) is 5.65 Å². The number of nitrogens with zero attached hydrogens (tertiary/aromatic N) is 3. The Balaban J connectivity index is 2.02. The smallest absolute Gasteiger partial charge is 0.161 e. The topological polar surface area (TPSA) is 70.7 Å². The van der Waals surface area contributed by atoms with Crippen molar-refractivity contribution in [2.75, 3.05) is 0 Å². The zero-order valence-electron chi connectivity index (χ0n) is 9.48. The fourth-order valence-corrected chi connectivity index (χ4v) is 1.90. The summed E-state index contributed by atoms with van der Waals surface area (Å²) in [6.07, 6.45) is 2.12. The van der Waals surface area contributed by atoms with Gasteiger partial charge >= 0.3 is 0 Å².